The van der Waals surface area contributed by atoms with E-state index in [4.69, 9.17) is 4.74 Å². The molecule has 0 aliphatic carbocycles. The summed E-state index contributed by atoms with van der Waals surface area (Å²) in [6, 6.07) is 12.1. The number of aliphatic carboxylic acids is 1. The summed E-state index contributed by atoms with van der Waals surface area (Å²) < 4.78 is 6.91. The van der Waals surface area contributed by atoms with Crippen LogP contribution in [0.25, 0.3) is 22.6 Å². The lowest BCUT2D eigenvalue weighted by atomic mass is 9.95. The number of carbonyl (C=O) groups is 1. The van der Waals surface area contributed by atoms with Gasteiger partial charge in [0.2, 0.25) is 0 Å². The van der Waals surface area contributed by atoms with Crippen LogP contribution in [0.1, 0.15) is 26.7 Å². The monoisotopic (exact) mass is 498 g/mol. The Bertz CT molecular complexity index is 1060. The second-order valence-electron chi connectivity index (χ2n) is 8.74. The summed E-state index contributed by atoms with van der Waals surface area (Å²) in [5.41, 5.74) is 2.11. The van der Waals surface area contributed by atoms with Crippen molar-refractivity contribution in [3.8, 4) is 22.6 Å². The predicted octanol–water partition coefficient (Wildman–Crippen LogP) is 5.00. The first-order chi connectivity index (χ1) is 15.3. The van der Waals surface area contributed by atoms with Crippen molar-refractivity contribution < 1.29 is 14.6 Å². The molecule has 7 nitrogen and oxygen atoms in total. The lowest BCUT2D eigenvalue weighted by Crippen LogP contribution is -2.39. The molecule has 0 radical (unpaired) electrons. The van der Waals surface area contributed by atoms with E-state index in [0.717, 1.165) is 58.9 Å². The number of hydrogen-bond donors (Lipinski definition) is 2. The van der Waals surface area contributed by atoms with E-state index >= 15 is 0 Å². The number of aromatic amines is 1. The van der Waals surface area contributed by atoms with Gasteiger partial charge in [-0.3, -0.25) is 4.79 Å². The molecule has 0 saturated carbocycles. The average molecular weight is 499 g/mol. The molecule has 0 bridgehead atoms. The SMILES string of the molecule is CC(C)(COC1CCN(c2ccc(-c3ncc(-c4ccc(Br)cc4)[nH]3)cn2)CC1)C(=O)O. The number of anilines is 1. The minimum absolute atomic E-state index is 0.0873. The van der Waals surface area contributed by atoms with Crippen molar-refractivity contribution in [1.29, 1.82) is 0 Å². The van der Waals surface area contributed by atoms with Gasteiger partial charge in [-0.1, -0.05) is 28.1 Å². The Morgan fingerprint density at radius 2 is 1.81 bits per heavy atom. The summed E-state index contributed by atoms with van der Waals surface area (Å²) in [5.74, 6) is 0.882. The molecule has 1 aromatic carbocycles. The number of nitrogens with zero attached hydrogens (tertiary/aromatic N) is 3. The average Bonchev–Trinajstić information content (AvgIpc) is 3.29. The van der Waals surface area contributed by atoms with Crippen molar-refractivity contribution in [2.45, 2.75) is 32.8 Å². The fraction of sp³-hybridized carbons (Fsp3) is 0.375. The van der Waals surface area contributed by atoms with Gasteiger partial charge in [-0.25, -0.2) is 9.97 Å². The number of carboxylic acid groups (broad SMARTS) is 1. The van der Waals surface area contributed by atoms with Gasteiger partial charge in [0.25, 0.3) is 0 Å². The van der Waals surface area contributed by atoms with E-state index in [1.165, 1.54) is 0 Å². The first kappa shape index (κ1) is 22.5. The Morgan fingerprint density at radius 3 is 2.44 bits per heavy atom. The van der Waals surface area contributed by atoms with Crippen LogP contribution in [0, 0.1) is 5.41 Å². The lowest BCUT2D eigenvalue weighted by Gasteiger charge is -2.34. The molecule has 0 amide bonds. The molecule has 32 heavy (non-hydrogen) atoms. The maximum Gasteiger partial charge on any atom is 0.311 e. The number of nitrogens with one attached hydrogen (secondary N) is 1. The molecule has 1 aliphatic rings. The van der Waals surface area contributed by atoms with Crippen LogP contribution >= 0.6 is 15.9 Å². The Morgan fingerprint density at radius 1 is 1.12 bits per heavy atom. The molecule has 8 heteroatoms. The van der Waals surface area contributed by atoms with Crippen LogP contribution in [0.15, 0.2) is 53.3 Å². The molecule has 168 valence electrons. The number of aromatic nitrogens is 3. The number of carboxylic acids is 1. The van der Waals surface area contributed by atoms with Gasteiger partial charge in [-0.15, -0.1) is 0 Å². The third kappa shape index (κ3) is 5.19. The topological polar surface area (TPSA) is 91.3 Å². The molecular formula is C24H27BrN4O3. The van der Waals surface area contributed by atoms with Crippen molar-refractivity contribution in [3.05, 3.63) is 53.3 Å². The summed E-state index contributed by atoms with van der Waals surface area (Å²) in [5, 5.41) is 9.23. The number of ether oxygens (including phenoxy) is 1. The maximum atomic E-state index is 11.2. The van der Waals surface area contributed by atoms with Gasteiger partial charge in [0, 0.05) is 29.3 Å². The number of pyridine rings is 1. The summed E-state index contributed by atoms with van der Waals surface area (Å²) >= 11 is 3.46. The van der Waals surface area contributed by atoms with Crippen LogP contribution in [-0.2, 0) is 9.53 Å². The first-order valence-corrected chi connectivity index (χ1v) is 11.5. The van der Waals surface area contributed by atoms with E-state index in [2.05, 4.69) is 35.8 Å². The molecule has 0 atom stereocenters. The van der Waals surface area contributed by atoms with E-state index in [1.807, 2.05) is 48.8 Å². The van der Waals surface area contributed by atoms with Crippen molar-refractivity contribution in [1.82, 2.24) is 15.0 Å². The van der Waals surface area contributed by atoms with Gasteiger partial charge >= 0.3 is 5.97 Å². The molecule has 1 aliphatic heterocycles. The molecule has 3 aromatic rings. The third-order valence-corrected chi connectivity index (χ3v) is 6.31. The fourth-order valence-corrected chi connectivity index (χ4v) is 3.86. The van der Waals surface area contributed by atoms with Gasteiger partial charge < -0.3 is 19.7 Å². The van der Waals surface area contributed by atoms with Crippen LogP contribution in [0.2, 0.25) is 0 Å². The Labute approximate surface area is 196 Å². The van der Waals surface area contributed by atoms with E-state index in [-0.39, 0.29) is 12.7 Å². The number of hydrogen-bond acceptors (Lipinski definition) is 5. The smallest absolute Gasteiger partial charge is 0.311 e. The van der Waals surface area contributed by atoms with E-state index < -0.39 is 11.4 Å². The highest BCUT2D eigenvalue weighted by atomic mass is 79.9. The number of H-pyrrole nitrogens is 1. The van der Waals surface area contributed by atoms with E-state index in [1.54, 1.807) is 13.8 Å². The van der Waals surface area contributed by atoms with Gasteiger partial charge in [-0.05, 0) is 56.5 Å². The first-order valence-electron chi connectivity index (χ1n) is 10.7. The normalized spacial score (nSPS) is 15.2. The van der Waals surface area contributed by atoms with Crippen molar-refractivity contribution in [2.24, 2.45) is 5.41 Å². The third-order valence-electron chi connectivity index (χ3n) is 5.78. The van der Waals surface area contributed by atoms with Gasteiger partial charge in [0.15, 0.2) is 0 Å². The van der Waals surface area contributed by atoms with Crippen LogP contribution in [0.3, 0.4) is 0 Å². The second kappa shape index (κ2) is 9.42. The minimum atomic E-state index is -0.863. The van der Waals surface area contributed by atoms with Gasteiger partial charge in [0.05, 0.1) is 30.0 Å². The van der Waals surface area contributed by atoms with Gasteiger partial charge in [0.1, 0.15) is 11.6 Å². The molecule has 1 saturated heterocycles. The Kier molecular flexibility index (Phi) is 6.62. The summed E-state index contributed by atoms with van der Waals surface area (Å²) in [6.07, 6.45) is 5.48. The highest BCUT2D eigenvalue weighted by Crippen LogP contribution is 2.26. The molecule has 3 heterocycles. The molecule has 0 unspecified atom stereocenters. The number of halogens is 1. The number of benzene rings is 1. The quantitative estimate of drug-likeness (QED) is 0.476. The van der Waals surface area contributed by atoms with Gasteiger partial charge in [-0.2, -0.15) is 0 Å². The van der Waals surface area contributed by atoms with Crippen LogP contribution in [0.5, 0.6) is 0 Å². The molecule has 0 spiro atoms. The lowest BCUT2D eigenvalue weighted by molar-refractivity contribution is -0.152. The van der Waals surface area contributed by atoms with E-state index in [0.29, 0.717) is 0 Å². The Balaban J connectivity index is 1.34. The molecule has 2 aromatic heterocycles. The standard InChI is InChI=1S/C24H27BrN4O3/c1-24(2,23(30)31)15-32-19-9-11-29(12-10-19)21-8-5-17(13-26-21)22-27-14-20(28-22)16-3-6-18(25)7-4-16/h3-8,13-14,19H,9-12,15H2,1-2H3,(H,27,28)(H,30,31). The molecule has 4 rings (SSSR count). The molecule has 1 fully saturated rings. The van der Waals surface area contributed by atoms with Crippen LogP contribution in [0.4, 0.5) is 5.82 Å². The summed E-state index contributed by atoms with van der Waals surface area (Å²) in [4.78, 5) is 26.0. The zero-order valence-corrected chi connectivity index (χ0v) is 19.8. The Hall–Kier alpha value is -2.71. The summed E-state index contributed by atoms with van der Waals surface area (Å²) in [6.45, 7) is 5.27. The highest BCUT2D eigenvalue weighted by molar-refractivity contribution is 9.10. The zero-order chi connectivity index (χ0) is 22.7. The molecule has 2 N–H and O–H groups in total. The van der Waals surface area contributed by atoms with Crippen molar-refractivity contribution >= 4 is 27.7 Å². The second-order valence-corrected chi connectivity index (χ2v) is 9.66. The predicted molar refractivity (Wildman–Crippen MR) is 128 cm³/mol. The highest BCUT2D eigenvalue weighted by Gasteiger charge is 2.30. The van der Waals surface area contributed by atoms with Crippen LogP contribution < -0.4 is 4.90 Å². The minimum Gasteiger partial charge on any atom is -0.481 e. The van der Waals surface area contributed by atoms with Crippen molar-refractivity contribution in [3.63, 3.8) is 0 Å². The molecular weight excluding hydrogens is 472 g/mol. The number of imidazole rings is 1. The summed E-state index contributed by atoms with van der Waals surface area (Å²) in [7, 11) is 0. The van der Waals surface area contributed by atoms with Crippen LogP contribution in [-0.4, -0.2) is 51.8 Å². The number of rotatable bonds is 7. The zero-order valence-electron chi connectivity index (χ0n) is 18.2. The largest absolute Gasteiger partial charge is 0.481 e. The fourth-order valence-electron chi connectivity index (χ4n) is 3.60. The van der Waals surface area contributed by atoms with E-state index in [9.17, 15) is 9.90 Å². The maximum absolute atomic E-state index is 11.2. The van der Waals surface area contributed by atoms with Crippen molar-refractivity contribution in [2.75, 3.05) is 24.6 Å². The number of piperidine rings is 1.